The van der Waals surface area contributed by atoms with E-state index in [2.05, 4.69) is 10.3 Å². The Morgan fingerprint density at radius 3 is 2.90 bits per heavy atom. The average molecular weight is 397 g/mol. The highest BCUT2D eigenvalue weighted by Gasteiger charge is 2.29. The second-order valence-electron chi connectivity index (χ2n) is 4.85. The van der Waals surface area contributed by atoms with E-state index < -0.39 is 11.6 Å². The number of aliphatic imine (C=N–C) groups is 1. The fraction of sp³-hybridized carbons (Fsp3) is 0.462. The third-order valence-corrected chi connectivity index (χ3v) is 3.08. The Morgan fingerprint density at radius 2 is 2.25 bits per heavy atom. The molecule has 1 fully saturated rings. The number of hydrogen-bond donors (Lipinski definition) is 2. The molecule has 1 aromatic carbocycles. The summed E-state index contributed by atoms with van der Waals surface area (Å²) in [4.78, 5) is 4.11. The second-order valence-corrected chi connectivity index (χ2v) is 4.85. The van der Waals surface area contributed by atoms with Crippen molar-refractivity contribution < 1.29 is 13.5 Å². The fourth-order valence-electron chi connectivity index (χ4n) is 1.98. The molecule has 1 atom stereocenters. The van der Waals surface area contributed by atoms with Crippen LogP contribution in [0.4, 0.5) is 14.5 Å². The van der Waals surface area contributed by atoms with Gasteiger partial charge in [0, 0.05) is 12.7 Å². The van der Waals surface area contributed by atoms with Crippen molar-refractivity contribution in [3.05, 3.63) is 29.8 Å². The van der Waals surface area contributed by atoms with Crippen molar-refractivity contribution in [3.63, 3.8) is 0 Å². The number of halogens is 3. The van der Waals surface area contributed by atoms with Crippen LogP contribution in [-0.2, 0) is 4.74 Å². The maximum Gasteiger partial charge on any atom is 0.193 e. The van der Waals surface area contributed by atoms with Crippen molar-refractivity contribution in [2.24, 2.45) is 10.7 Å². The number of nitrogens with two attached hydrogens (primary N) is 1. The molecule has 1 unspecified atom stereocenters. The number of guanidine groups is 1. The standard InChI is InChI=1S/C13H17F2N3O.HI/c1-13(5-2-6-19-13)8-17-12(16)18-11-7-9(14)3-4-10(11)15;/h3-4,7H,2,5-6,8H2,1H3,(H3,16,17,18);1H. The molecule has 4 nitrogen and oxygen atoms in total. The Labute approximate surface area is 133 Å². The summed E-state index contributed by atoms with van der Waals surface area (Å²) in [5.74, 6) is -1.08. The predicted octanol–water partition coefficient (Wildman–Crippen LogP) is 2.88. The fourth-order valence-corrected chi connectivity index (χ4v) is 1.98. The molecule has 1 aliphatic rings. The van der Waals surface area contributed by atoms with Crippen LogP contribution in [0.5, 0.6) is 0 Å². The average Bonchev–Trinajstić information content (AvgIpc) is 2.79. The van der Waals surface area contributed by atoms with Gasteiger partial charge in [0.15, 0.2) is 5.96 Å². The Bertz CT molecular complexity index is 491. The van der Waals surface area contributed by atoms with Gasteiger partial charge in [-0.1, -0.05) is 0 Å². The molecule has 0 bridgehead atoms. The maximum absolute atomic E-state index is 13.4. The highest BCUT2D eigenvalue weighted by atomic mass is 127. The van der Waals surface area contributed by atoms with Crippen LogP contribution in [-0.4, -0.2) is 24.7 Å². The van der Waals surface area contributed by atoms with E-state index in [-0.39, 0.29) is 41.2 Å². The van der Waals surface area contributed by atoms with Crippen LogP contribution in [0, 0.1) is 11.6 Å². The zero-order valence-electron chi connectivity index (χ0n) is 11.2. The molecule has 1 saturated heterocycles. The lowest BCUT2D eigenvalue weighted by Gasteiger charge is -2.20. The Kier molecular flexibility index (Phi) is 6.12. The normalized spacial score (nSPS) is 22.4. The summed E-state index contributed by atoms with van der Waals surface area (Å²) < 4.78 is 31.9. The predicted molar refractivity (Wildman–Crippen MR) is 85.5 cm³/mol. The first-order valence-electron chi connectivity index (χ1n) is 6.14. The minimum Gasteiger partial charge on any atom is -0.373 e. The van der Waals surface area contributed by atoms with Gasteiger partial charge >= 0.3 is 0 Å². The van der Waals surface area contributed by atoms with Gasteiger partial charge in [0.05, 0.1) is 17.8 Å². The topological polar surface area (TPSA) is 59.6 Å². The molecule has 112 valence electrons. The first-order valence-corrected chi connectivity index (χ1v) is 6.14. The van der Waals surface area contributed by atoms with E-state index in [0.717, 1.165) is 37.6 Å². The van der Waals surface area contributed by atoms with Gasteiger partial charge in [-0.2, -0.15) is 0 Å². The summed E-state index contributed by atoms with van der Waals surface area (Å²) in [6, 6.07) is 3.11. The molecule has 1 aromatic rings. The van der Waals surface area contributed by atoms with E-state index in [1.54, 1.807) is 0 Å². The van der Waals surface area contributed by atoms with Crippen molar-refractivity contribution in [1.82, 2.24) is 0 Å². The van der Waals surface area contributed by atoms with Crippen LogP contribution in [0.1, 0.15) is 19.8 Å². The Balaban J connectivity index is 0.00000200. The second kappa shape index (κ2) is 7.16. The minimum atomic E-state index is -0.581. The number of anilines is 1. The Hall–Kier alpha value is -0.960. The molecule has 0 radical (unpaired) electrons. The van der Waals surface area contributed by atoms with Gasteiger partial charge in [-0.05, 0) is 31.9 Å². The van der Waals surface area contributed by atoms with Crippen molar-refractivity contribution >= 4 is 35.6 Å². The highest BCUT2D eigenvalue weighted by molar-refractivity contribution is 14.0. The van der Waals surface area contributed by atoms with Crippen molar-refractivity contribution in [2.75, 3.05) is 18.5 Å². The molecule has 2 rings (SSSR count). The molecule has 0 amide bonds. The SMILES string of the molecule is CC1(CN=C(N)Nc2cc(F)ccc2F)CCCO1.I. The summed E-state index contributed by atoms with van der Waals surface area (Å²) in [5, 5.41) is 2.55. The van der Waals surface area contributed by atoms with Crippen LogP contribution >= 0.6 is 24.0 Å². The molecule has 0 aliphatic carbocycles. The van der Waals surface area contributed by atoms with Gasteiger partial charge < -0.3 is 15.8 Å². The lowest BCUT2D eigenvalue weighted by Crippen LogP contribution is -2.31. The number of ether oxygens (including phenoxy) is 1. The summed E-state index contributed by atoms with van der Waals surface area (Å²) >= 11 is 0. The van der Waals surface area contributed by atoms with Gasteiger partial charge in [-0.3, -0.25) is 4.99 Å². The summed E-state index contributed by atoms with van der Waals surface area (Å²) in [7, 11) is 0. The molecule has 3 N–H and O–H groups in total. The van der Waals surface area contributed by atoms with Gasteiger partial charge in [-0.15, -0.1) is 24.0 Å². The van der Waals surface area contributed by atoms with Gasteiger partial charge in [0.1, 0.15) is 11.6 Å². The summed E-state index contributed by atoms with van der Waals surface area (Å²) in [6.07, 6.45) is 1.91. The van der Waals surface area contributed by atoms with Crippen LogP contribution in [0.2, 0.25) is 0 Å². The molecule has 1 heterocycles. The molecule has 20 heavy (non-hydrogen) atoms. The quantitative estimate of drug-likeness (QED) is 0.469. The van der Waals surface area contributed by atoms with Crippen molar-refractivity contribution in [1.29, 1.82) is 0 Å². The number of hydrogen-bond acceptors (Lipinski definition) is 2. The molecular weight excluding hydrogens is 379 g/mol. The molecule has 0 aromatic heterocycles. The number of rotatable bonds is 3. The van der Waals surface area contributed by atoms with Crippen LogP contribution in [0.3, 0.4) is 0 Å². The first kappa shape index (κ1) is 17.1. The number of benzene rings is 1. The maximum atomic E-state index is 13.4. The van der Waals surface area contributed by atoms with Crippen LogP contribution in [0.15, 0.2) is 23.2 Å². The third-order valence-electron chi connectivity index (χ3n) is 3.08. The first-order chi connectivity index (χ1) is 8.98. The summed E-state index contributed by atoms with van der Waals surface area (Å²) in [5.41, 5.74) is 5.31. The van der Waals surface area contributed by atoms with E-state index in [9.17, 15) is 8.78 Å². The van der Waals surface area contributed by atoms with Crippen molar-refractivity contribution in [3.8, 4) is 0 Å². The van der Waals surface area contributed by atoms with Crippen molar-refractivity contribution in [2.45, 2.75) is 25.4 Å². The molecule has 0 spiro atoms. The minimum absolute atomic E-state index is 0. The van der Waals surface area contributed by atoms with E-state index >= 15 is 0 Å². The molecule has 0 saturated carbocycles. The molecule has 1 aliphatic heterocycles. The largest absolute Gasteiger partial charge is 0.373 e. The zero-order chi connectivity index (χ0) is 13.9. The highest BCUT2D eigenvalue weighted by Crippen LogP contribution is 2.25. The van der Waals surface area contributed by atoms with Gasteiger partial charge in [0.2, 0.25) is 0 Å². The number of nitrogens with zero attached hydrogens (tertiary/aromatic N) is 1. The monoisotopic (exact) mass is 397 g/mol. The lowest BCUT2D eigenvalue weighted by molar-refractivity contribution is 0.0284. The Morgan fingerprint density at radius 1 is 1.50 bits per heavy atom. The van der Waals surface area contributed by atoms with Crippen LogP contribution < -0.4 is 11.1 Å². The third kappa shape index (κ3) is 4.55. The van der Waals surface area contributed by atoms with E-state index in [1.807, 2.05) is 6.92 Å². The van der Waals surface area contributed by atoms with Gasteiger partial charge in [-0.25, -0.2) is 8.78 Å². The summed E-state index contributed by atoms with van der Waals surface area (Å²) in [6.45, 7) is 3.07. The molecule has 7 heteroatoms. The van der Waals surface area contributed by atoms with E-state index in [4.69, 9.17) is 10.5 Å². The van der Waals surface area contributed by atoms with E-state index in [1.165, 1.54) is 0 Å². The van der Waals surface area contributed by atoms with Crippen LogP contribution in [0.25, 0.3) is 0 Å². The van der Waals surface area contributed by atoms with Gasteiger partial charge in [0.25, 0.3) is 0 Å². The van der Waals surface area contributed by atoms with E-state index in [0.29, 0.717) is 6.54 Å². The molecular formula is C13H18F2IN3O. The lowest BCUT2D eigenvalue weighted by atomic mass is 10.0. The number of nitrogens with one attached hydrogen (secondary N) is 1. The zero-order valence-corrected chi connectivity index (χ0v) is 13.5. The smallest absolute Gasteiger partial charge is 0.193 e.